The molecule has 0 spiro atoms. The molecular weight excluding hydrogens is 238 g/mol. The molecule has 0 bridgehead atoms. The molecule has 0 N–H and O–H groups in total. The molecule has 2 heteroatoms. The Morgan fingerprint density at radius 1 is 1.06 bits per heavy atom. The lowest BCUT2D eigenvalue weighted by Gasteiger charge is -2.16. The second kappa shape index (κ2) is 6.26. The van der Waals surface area contributed by atoms with Crippen LogP contribution in [-0.4, -0.2) is 24.2 Å². The van der Waals surface area contributed by atoms with Crippen LogP contribution in [0.25, 0.3) is 10.8 Å². The molecule has 0 heterocycles. The van der Waals surface area contributed by atoms with Crippen molar-refractivity contribution in [2.45, 2.75) is 19.9 Å². The molecular formula is C16H21NS. The first kappa shape index (κ1) is 13.4. The number of aryl methyl sites for hydroxylation is 1. The van der Waals surface area contributed by atoms with E-state index in [1.54, 1.807) is 0 Å². The zero-order chi connectivity index (χ0) is 13.0. The van der Waals surface area contributed by atoms with E-state index in [0.717, 1.165) is 25.3 Å². The summed E-state index contributed by atoms with van der Waals surface area (Å²) in [7, 11) is 2.17. The van der Waals surface area contributed by atoms with Crippen molar-refractivity contribution >= 4 is 23.4 Å². The minimum Gasteiger partial charge on any atom is -0.302 e. The molecule has 0 saturated heterocycles. The Labute approximate surface area is 115 Å². The van der Waals surface area contributed by atoms with E-state index in [0.29, 0.717) is 0 Å². The molecule has 0 saturated carbocycles. The first-order chi connectivity index (χ1) is 8.69. The minimum absolute atomic E-state index is 0.960. The Morgan fingerprint density at radius 3 is 2.56 bits per heavy atom. The van der Waals surface area contributed by atoms with Crippen LogP contribution in [0.4, 0.5) is 0 Å². The Hall–Kier alpha value is -0.990. The number of hydrogen-bond donors (Lipinski definition) is 1. The highest BCUT2D eigenvalue weighted by molar-refractivity contribution is 7.80. The van der Waals surface area contributed by atoms with Crippen LogP contribution in [0.2, 0.25) is 0 Å². The highest BCUT2D eigenvalue weighted by Crippen LogP contribution is 2.18. The van der Waals surface area contributed by atoms with Crippen LogP contribution >= 0.6 is 12.6 Å². The molecule has 18 heavy (non-hydrogen) atoms. The summed E-state index contributed by atoms with van der Waals surface area (Å²) in [5.74, 6) is 0.960. The van der Waals surface area contributed by atoms with Gasteiger partial charge in [0.25, 0.3) is 0 Å². The average molecular weight is 259 g/mol. The lowest BCUT2D eigenvalue weighted by molar-refractivity contribution is 0.329. The Balaban J connectivity index is 2.12. The van der Waals surface area contributed by atoms with E-state index in [2.05, 4.69) is 67.9 Å². The number of thiol groups is 1. The van der Waals surface area contributed by atoms with Gasteiger partial charge in [-0.25, -0.2) is 0 Å². The van der Waals surface area contributed by atoms with Gasteiger partial charge in [-0.1, -0.05) is 35.9 Å². The van der Waals surface area contributed by atoms with E-state index < -0.39 is 0 Å². The Kier molecular flexibility index (Phi) is 4.67. The van der Waals surface area contributed by atoms with Gasteiger partial charge in [-0.2, -0.15) is 12.6 Å². The summed E-state index contributed by atoms with van der Waals surface area (Å²) in [6, 6.07) is 13.4. The van der Waals surface area contributed by atoms with Crippen LogP contribution in [0.3, 0.4) is 0 Å². The predicted molar refractivity (Wildman–Crippen MR) is 83.5 cm³/mol. The molecule has 0 aliphatic carbocycles. The van der Waals surface area contributed by atoms with Gasteiger partial charge >= 0.3 is 0 Å². The van der Waals surface area contributed by atoms with E-state index in [4.69, 9.17) is 0 Å². The summed E-state index contributed by atoms with van der Waals surface area (Å²) in [4.78, 5) is 2.35. The molecule has 0 unspecified atom stereocenters. The van der Waals surface area contributed by atoms with Crippen molar-refractivity contribution in [1.29, 1.82) is 0 Å². The topological polar surface area (TPSA) is 3.24 Å². The maximum absolute atomic E-state index is 4.25. The molecule has 96 valence electrons. The first-order valence-electron chi connectivity index (χ1n) is 6.48. The van der Waals surface area contributed by atoms with Crippen molar-refractivity contribution < 1.29 is 0 Å². The van der Waals surface area contributed by atoms with Crippen LogP contribution in [-0.2, 0) is 6.54 Å². The number of nitrogens with zero attached hydrogens (tertiary/aromatic N) is 1. The van der Waals surface area contributed by atoms with Gasteiger partial charge in [0.2, 0.25) is 0 Å². The zero-order valence-electron chi connectivity index (χ0n) is 11.2. The fraction of sp³-hybridized carbons (Fsp3) is 0.375. The average Bonchev–Trinajstić information content (AvgIpc) is 2.36. The van der Waals surface area contributed by atoms with Crippen molar-refractivity contribution in [2.24, 2.45) is 0 Å². The summed E-state index contributed by atoms with van der Waals surface area (Å²) >= 11 is 4.25. The molecule has 0 radical (unpaired) electrons. The number of benzene rings is 2. The van der Waals surface area contributed by atoms with Crippen molar-refractivity contribution in [3.05, 3.63) is 47.5 Å². The van der Waals surface area contributed by atoms with Crippen LogP contribution in [0, 0.1) is 6.92 Å². The smallest absolute Gasteiger partial charge is 0.0230 e. The van der Waals surface area contributed by atoms with Crippen LogP contribution in [0.15, 0.2) is 36.4 Å². The molecule has 0 amide bonds. The molecule has 0 aliphatic heterocycles. The normalized spacial score (nSPS) is 11.3. The minimum atomic E-state index is 0.960. The third-order valence-electron chi connectivity index (χ3n) is 3.21. The van der Waals surface area contributed by atoms with Crippen molar-refractivity contribution in [3.63, 3.8) is 0 Å². The number of hydrogen-bond acceptors (Lipinski definition) is 2. The molecule has 0 atom stereocenters. The van der Waals surface area contributed by atoms with Gasteiger partial charge in [0.05, 0.1) is 0 Å². The monoisotopic (exact) mass is 259 g/mol. The highest BCUT2D eigenvalue weighted by atomic mass is 32.1. The van der Waals surface area contributed by atoms with E-state index in [1.807, 2.05) is 0 Å². The predicted octanol–water partition coefficient (Wildman–Crippen LogP) is 3.90. The summed E-state index contributed by atoms with van der Waals surface area (Å²) < 4.78 is 0. The summed E-state index contributed by atoms with van der Waals surface area (Å²) in [6.45, 7) is 4.26. The fourth-order valence-corrected chi connectivity index (χ4v) is 2.39. The van der Waals surface area contributed by atoms with Gasteiger partial charge in [-0.15, -0.1) is 0 Å². The van der Waals surface area contributed by atoms with Gasteiger partial charge in [0, 0.05) is 6.54 Å². The lowest BCUT2D eigenvalue weighted by Crippen LogP contribution is -2.19. The maximum atomic E-state index is 4.25. The molecule has 0 aromatic heterocycles. The lowest BCUT2D eigenvalue weighted by atomic mass is 10.0. The van der Waals surface area contributed by atoms with E-state index >= 15 is 0 Å². The van der Waals surface area contributed by atoms with Crippen LogP contribution < -0.4 is 0 Å². The number of rotatable bonds is 5. The second-order valence-electron chi connectivity index (χ2n) is 5.00. The molecule has 0 aliphatic rings. The Bertz CT molecular complexity index is 521. The Morgan fingerprint density at radius 2 is 1.78 bits per heavy atom. The number of fused-ring (bicyclic) bond motifs is 1. The van der Waals surface area contributed by atoms with E-state index in [1.165, 1.54) is 21.9 Å². The van der Waals surface area contributed by atoms with Gasteiger partial charge in [0.1, 0.15) is 0 Å². The van der Waals surface area contributed by atoms with Crippen LogP contribution in [0.5, 0.6) is 0 Å². The third-order valence-corrected chi connectivity index (χ3v) is 3.53. The fourth-order valence-electron chi connectivity index (χ4n) is 2.24. The zero-order valence-corrected chi connectivity index (χ0v) is 12.1. The van der Waals surface area contributed by atoms with E-state index in [9.17, 15) is 0 Å². The van der Waals surface area contributed by atoms with Gasteiger partial charge in [-0.3, -0.25) is 0 Å². The SMILES string of the molecule is Cc1ccc2cc(CN(C)CCCS)ccc2c1. The van der Waals surface area contributed by atoms with Gasteiger partial charge in [-0.05, 0) is 55.1 Å². The summed E-state index contributed by atoms with van der Waals surface area (Å²) in [5, 5.41) is 2.66. The highest BCUT2D eigenvalue weighted by Gasteiger charge is 2.01. The second-order valence-corrected chi connectivity index (χ2v) is 5.45. The molecule has 0 fully saturated rings. The first-order valence-corrected chi connectivity index (χ1v) is 7.11. The standard InChI is InChI=1S/C16H21NS/c1-13-4-6-16-11-14(5-7-15(16)10-13)12-17(2)8-3-9-18/h4-7,10-11,18H,3,8-9,12H2,1-2H3. The molecule has 2 aromatic rings. The summed E-state index contributed by atoms with van der Waals surface area (Å²) in [6.07, 6.45) is 1.15. The largest absolute Gasteiger partial charge is 0.302 e. The van der Waals surface area contributed by atoms with Gasteiger partial charge in [0.15, 0.2) is 0 Å². The summed E-state index contributed by atoms with van der Waals surface area (Å²) in [5.41, 5.74) is 2.70. The third kappa shape index (κ3) is 3.50. The quantitative estimate of drug-likeness (QED) is 0.797. The van der Waals surface area contributed by atoms with E-state index in [-0.39, 0.29) is 0 Å². The van der Waals surface area contributed by atoms with Crippen molar-refractivity contribution in [2.75, 3.05) is 19.3 Å². The molecule has 2 aromatic carbocycles. The van der Waals surface area contributed by atoms with Gasteiger partial charge < -0.3 is 4.90 Å². The van der Waals surface area contributed by atoms with Crippen LogP contribution in [0.1, 0.15) is 17.5 Å². The van der Waals surface area contributed by atoms with Crippen molar-refractivity contribution in [3.8, 4) is 0 Å². The maximum Gasteiger partial charge on any atom is 0.0230 e. The molecule has 1 nitrogen and oxygen atoms in total. The van der Waals surface area contributed by atoms with Crippen molar-refractivity contribution in [1.82, 2.24) is 4.90 Å². The molecule has 2 rings (SSSR count).